The fourth-order valence-electron chi connectivity index (χ4n) is 3.05. The number of primary amides is 1. The lowest BCUT2D eigenvalue weighted by Gasteiger charge is -2.18. The van der Waals surface area contributed by atoms with Crippen molar-refractivity contribution in [2.24, 2.45) is 27.9 Å². The second-order valence-corrected chi connectivity index (χ2v) is 8.34. The smallest absolute Gasteiger partial charge is 0.253 e. The van der Waals surface area contributed by atoms with Crippen LogP contribution in [-0.4, -0.2) is 24.5 Å². The van der Waals surface area contributed by atoms with E-state index in [9.17, 15) is 4.79 Å². The highest BCUT2D eigenvalue weighted by atomic mass is 32.2. The van der Waals surface area contributed by atoms with E-state index in [2.05, 4.69) is 41.0 Å². The number of hydrogen-bond acceptors (Lipinski definition) is 7. The number of carbonyl (C=O) groups is 1. The van der Waals surface area contributed by atoms with Crippen LogP contribution in [0.25, 0.3) is 0 Å². The minimum absolute atomic E-state index is 0.00449. The largest absolute Gasteiger partial charge is 0.404 e. The van der Waals surface area contributed by atoms with Crippen molar-refractivity contribution >= 4 is 35.1 Å². The molecular formula is C23H33N7OS. The van der Waals surface area contributed by atoms with Gasteiger partial charge in [0.15, 0.2) is 0 Å². The van der Waals surface area contributed by atoms with Gasteiger partial charge in [0.1, 0.15) is 5.84 Å². The average molecular weight is 456 g/mol. The number of aryl methyl sites for hydroxylation is 2. The van der Waals surface area contributed by atoms with Gasteiger partial charge in [-0.25, -0.2) is 4.99 Å². The number of para-hydroxylation sites is 1. The molecule has 2 aromatic carbocycles. The number of anilines is 1. The van der Waals surface area contributed by atoms with Crippen LogP contribution in [-0.2, 0) is 4.79 Å². The quantitative estimate of drug-likeness (QED) is 0.169. The summed E-state index contributed by atoms with van der Waals surface area (Å²) in [6.45, 7) is 5.25. The van der Waals surface area contributed by atoms with Gasteiger partial charge in [-0.05, 0) is 87.0 Å². The average Bonchev–Trinajstić information content (AvgIpc) is 2.76. The Bertz CT molecular complexity index is 931. The van der Waals surface area contributed by atoms with Gasteiger partial charge < -0.3 is 33.0 Å². The molecule has 2 aromatic rings. The first-order valence-corrected chi connectivity index (χ1v) is 11.3. The van der Waals surface area contributed by atoms with Gasteiger partial charge in [-0.3, -0.25) is 4.79 Å². The van der Waals surface area contributed by atoms with E-state index in [-0.39, 0.29) is 17.6 Å². The normalized spacial score (nSPS) is 16.7. The summed E-state index contributed by atoms with van der Waals surface area (Å²) in [5, 5.41) is 3.16. The van der Waals surface area contributed by atoms with E-state index in [1.807, 2.05) is 18.2 Å². The van der Waals surface area contributed by atoms with E-state index in [0.717, 1.165) is 29.7 Å². The Labute approximate surface area is 194 Å². The second kappa shape index (κ2) is 12.7. The Balaban J connectivity index is 0.000000439. The maximum absolute atomic E-state index is 11.2. The third-order valence-electron chi connectivity index (χ3n) is 4.89. The Hall–Kier alpha value is -3.01. The molecule has 0 aromatic heterocycles. The summed E-state index contributed by atoms with van der Waals surface area (Å²) in [5.74, 6) is -0.724. The van der Waals surface area contributed by atoms with Gasteiger partial charge in [0.05, 0.1) is 23.1 Å². The van der Waals surface area contributed by atoms with Gasteiger partial charge in [0.2, 0.25) is 0 Å². The molecule has 0 saturated carbocycles. The van der Waals surface area contributed by atoms with Crippen LogP contribution in [0.1, 0.15) is 30.4 Å². The topological polar surface area (TPSA) is 158 Å². The van der Waals surface area contributed by atoms with Crippen LogP contribution in [0.5, 0.6) is 0 Å². The van der Waals surface area contributed by atoms with E-state index in [4.69, 9.17) is 22.9 Å². The molecule has 1 saturated heterocycles. The first-order chi connectivity index (χ1) is 15.3. The highest BCUT2D eigenvalue weighted by molar-refractivity contribution is 8.00. The lowest BCUT2D eigenvalue weighted by molar-refractivity contribution is -0.114. The monoisotopic (exact) mass is 455 g/mol. The standard InChI is InChI=1S/C18H21N5OS.C5H12N2/c1-11-4-3-5-12(2)16(11)23-25-14-8-6-13(7-9-14)22-17(20)15(10-19)18(21)24;6-5-3-1-2-4-7-5/h3-10,23H,19H2,1-2H3,(H2,20,22)(H2,21,24);5,7H,1-4,6H2/b15-10+;. The van der Waals surface area contributed by atoms with Crippen molar-refractivity contribution in [3.8, 4) is 0 Å². The van der Waals surface area contributed by atoms with Crippen LogP contribution in [0.15, 0.2) is 64.1 Å². The third-order valence-corrected chi connectivity index (χ3v) is 5.71. The Morgan fingerprint density at radius 2 is 1.78 bits per heavy atom. The molecular weight excluding hydrogens is 422 g/mol. The Morgan fingerprint density at radius 1 is 1.12 bits per heavy atom. The zero-order valence-electron chi connectivity index (χ0n) is 18.6. The number of amidine groups is 1. The minimum Gasteiger partial charge on any atom is -0.404 e. The van der Waals surface area contributed by atoms with Crippen molar-refractivity contribution < 1.29 is 4.79 Å². The number of nitrogens with one attached hydrogen (secondary N) is 2. The van der Waals surface area contributed by atoms with Crippen molar-refractivity contribution in [3.05, 3.63) is 65.4 Å². The van der Waals surface area contributed by atoms with Crippen molar-refractivity contribution in [3.63, 3.8) is 0 Å². The summed E-state index contributed by atoms with van der Waals surface area (Å²) in [4.78, 5) is 16.4. The van der Waals surface area contributed by atoms with E-state index < -0.39 is 5.91 Å². The zero-order valence-corrected chi connectivity index (χ0v) is 19.4. The molecule has 1 unspecified atom stereocenters. The molecule has 1 aliphatic heterocycles. The molecule has 8 nitrogen and oxygen atoms in total. The molecule has 1 aliphatic rings. The summed E-state index contributed by atoms with van der Waals surface area (Å²) in [5.41, 5.74) is 25.9. The number of carbonyl (C=O) groups excluding carboxylic acids is 1. The maximum Gasteiger partial charge on any atom is 0.253 e. The van der Waals surface area contributed by atoms with Crippen LogP contribution in [0.4, 0.5) is 11.4 Å². The number of rotatable bonds is 6. The molecule has 0 aliphatic carbocycles. The van der Waals surface area contributed by atoms with Crippen molar-refractivity contribution in [2.45, 2.75) is 44.2 Å². The van der Waals surface area contributed by atoms with Gasteiger partial charge in [0, 0.05) is 11.1 Å². The van der Waals surface area contributed by atoms with Gasteiger partial charge in [-0.1, -0.05) is 18.2 Å². The summed E-state index contributed by atoms with van der Waals surface area (Å²) >= 11 is 1.51. The molecule has 0 spiro atoms. The number of piperidine rings is 1. The van der Waals surface area contributed by atoms with Crippen LogP contribution in [0.3, 0.4) is 0 Å². The molecule has 10 N–H and O–H groups in total. The van der Waals surface area contributed by atoms with E-state index in [1.54, 1.807) is 12.1 Å². The van der Waals surface area contributed by atoms with E-state index in [0.29, 0.717) is 5.69 Å². The first kappa shape index (κ1) is 25.3. The zero-order chi connectivity index (χ0) is 23.5. The minimum atomic E-state index is -0.714. The third kappa shape index (κ3) is 7.92. The molecule has 0 radical (unpaired) electrons. The molecule has 1 fully saturated rings. The van der Waals surface area contributed by atoms with Crippen LogP contribution >= 0.6 is 11.9 Å². The Kier molecular flexibility index (Phi) is 10.1. The van der Waals surface area contributed by atoms with Gasteiger partial charge in [-0.2, -0.15) is 0 Å². The van der Waals surface area contributed by atoms with E-state index >= 15 is 0 Å². The highest BCUT2D eigenvalue weighted by Crippen LogP contribution is 2.27. The number of aliphatic imine (C=N–C) groups is 1. The Morgan fingerprint density at radius 3 is 2.25 bits per heavy atom. The SMILES string of the molecule is Cc1cccc(C)c1NSc1ccc(N=C(N)/C(=C\N)C(N)=O)cc1.NC1CCCCN1. The van der Waals surface area contributed by atoms with Crippen LogP contribution in [0, 0.1) is 13.8 Å². The predicted octanol–water partition coefficient (Wildman–Crippen LogP) is 2.78. The highest BCUT2D eigenvalue weighted by Gasteiger charge is 2.09. The molecule has 32 heavy (non-hydrogen) atoms. The lowest BCUT2D eigenvalue weighted by Crippen LogP contribution is -2.40. The summed E-state index contributed by atoms with van der Waals surface area (Å²) < 4.78 is 3.37. The fourth-order valence-corrected chi connectivity index (χ4v) is 3.86. The van der Waals surface area contributed by atoms with Crippen LogP contribution in [0.2, 0.25) is 0 Å². The predicted molar refractivity (Wildman–Crippen MR) is 134 cm³/mol. The van der Waals surface area contributed by atoms with Crippen LogP contribution < -0.4 is 33.0 Å². The van der Waals surface area contributed by atoms with Gasteiger partial charge in [0.25, 0.3) is 5.91 Å². The molecule has 172 valence electrons. The molecule has 1 amide bonds. The van der Waals surface area contributed by atoms with Crippen molar-refractivity contribution in [1.82, 2.24) is 5.32 Å². The van der Waals surface area contributed by atoms with Crippen molar-refractivity contribution in [2.75, 3.05) is 11.3 Å². The summed E-state index contributed by atoms with van der Waals surface area (Å²) in [6, 6.07) is 13.6. The summed E-state index contributed by atoms with van der Waals surface area (Å²) in [7, 11) is 0. The van der Waals surface area contributed by atoms with Gasteiger partial charge >= 0.3 is 0 Å². The number of amides is 1. The fraction of sp³-hybridized carbons (Fsp3) is 0.304. The number of nitrogens with zero attached hydrogens (tertiary/aromatic N) is 1. The summed E-state index contributed by atoms with van der Waals surface area (Å²) in [6.07, 6.45) is 5.09. The number of benzene rings is 2. The maximum atomic E-state index is 11.2. The number of nitrogens with two attached hydrogens (primary N) is 4. The molecule has 1 atom stereocenters. The molecule has 3 rings (SSSR count). The number of hydrogen-bond donors (Lipinski definition) is 6. The lowest BCUT2D eigenvalue weighted by atomic mass is 10.1. The second-order valence-electron chi connectivity index (χ2n) is 7.46. The van der Waals surface area contributed by atoms with E-state index in [1.165, 1.54) is 35.9 Å². The van der Waals surface area contributed by atoms with Crippen molar-refractivity contribution in [1.29, 1.82) is 0 Å². The first-order valence-electron chi connectivity index (χ1n) is 10.5. The molecule has 1 heterocycles. The molecule has 0 bridgehead atoms. The van der Waals surface area contributed by atoms with Gasteiger partial charge in [-0.15, -0.1) is 0 Å². The molecule has 9 heteroatoms.